The molecule has 2 heterocycles. The summed E-state index contributed by atoms with van der Waals surface area (Å²) in [7, 11) is 1.57. The molecule has 1 amide bonds. The molecule has 8 nitrogen and oxygen atoms in total. The lowest BCUT2D eigenvalue weighted by atomic mass is 10.2. The van der Waals surface area contributed by atoms with Gasteiger partial charge in [-0.1, -0.05) is 23.4 Å². The van der Waals surface area contributed by atoms with E-state index in [1.807, 2.05) is 50.2 Å². The second kappa shape index (κ2) is 10.1. The number of para-hydroxylation sites is 2. The molecule has 8 heteroatoms. The number of aromatic nitrogens is 1. The third-order valence-corrected chi connectivity index (χ3v) is 5.24. The van der Waals surface area contributed by atoms with E-state index in [0.717, 1.165) is 22.6 Å². The molecule has 1 aromatic heterocycles. The number of hydrogen-bond donors (Lipinski definition) is 1. The van der Waals surface area contributed by atoms with Crippen molar-refractivity contribution in [2.75, 3.05) is 20.3 Å². The second-order valence-corrected chi connectivity index (χ2v) is 7.58. The van der Waals surface area contributed by atoms with Crippen LogP contribution in [0.3, 0.4) is 0 Å². The lowest BCUT2D eigenvalue weighted by molar-refractivity contribution is -0.116. The maximum absolute atomic E-state index is 12.3. The fourth-order valence-electron chi connectivity index (χ4n) is 3.37. The first-order valence-electron chi connectivity index (χ1n) is 10.6. The molecule has 0 aliphatic carbocycles. The summed E-state index contributed by atoms with van der Waals surface area (Å²) < 4.78 is 28.0. The van der Waals surface area contributed by atoms with Crippen LogP contribution in [-0.2, 0) is 11.4 Å². The van der Waals surface area contributed by atoms with Crippen molar-refractivity contribution in [3.05, 3.63) is 71.1 Å². The predicted octanol–water partition coefficient (Wildman–Crippen LogP) is 3.85. The zero-order valence-corrected chi connectivity index (χ0v) is 18.8. The lowest BCUT2D eigenvalue weighted by Crippen LogP contribution is -2.40. The van der Waals surface area contributed by atoms with Crippen molar-refractivity contribution < 1.29 is 28.3 Å². The molecule has 0 spiro atoms. The molecule has 1 aliphatic heterocycles. The summed E-state index contributed by atoms with van der Waals surface area (Å²) in [5.74, 6) is 3.06. The molecule has 33 heavy (non-hydrogen) atoms. The number of benzene rings is 2. The maximum atomic E-state index is 12.3. The van der Waals surface area contributed by atoms with Crippen LogP contribution in [0.25, 0.3) is 6.08 Å². The fourth-order valence-corrected chi connectivity index (χ4v) is 3.37. The predicted molar refractivity (Wildman–Crippen MR) is 122 cm³/mol. The van der Waals surface area contributed by atoms with Crippen LogP contribution in [0.15, 0.2) is 53.1 Å². The molecular weight excluding hydrogens is 424 g/mol. The molecule has 1 unspecified atom stereocenters. The van der Waals surface area contributed by atoms with Crippen LogP contribution in [-0.4, -0.2) is 37.4 Å². The smallest absolute Gasteiger partial charge is 0.244 e. The number of methoxy groups -OCH3 is 1. The number of rotatable bonds is 8. The maximum Gasteiger partial charge on any atom is 0.244 e. The summed E-state index contributed by atoms with van der Waals surface area (Å²) in [6.45, 7) is 4.77. The Morgan fingerprint density at radius 3 is 2.76 bits per heavy atom. The topological polar surface area (TPSA) is 92.1 Å². The van der Waals surface area contributed by atoms with Gasteiger partial charge in [0.25, 0.3) is 0 Å². The minimum atomic E-state index is -0.244. The molecule has 2 aromatic carbocycles. The van der Waals surface area contributed by atoms with E-state index in [0.29, 0.717) is 42.8 Å². The summed E-state index contributed by atoms with van der Waals surface area (Å²) in [6.07, 6.45) is 2.94. The Morgan fingerprint density at radius 1 is 1.18 bits per heavy atom. The van der Waals surface area contributed by atoms with E-state index < -0.39 is 0 Å². The minimum Gasteiger partial charge on any atom is -0.493 e. The molecule has 3 aromatic rings. The number of carbonyl (C=O) groups is 1. The van der Waals surface area contributed by atoms with Crippen LogP contribution < -0.4 is 24.3 Å². The van der Waals surface area contributed by atoms with Crippen LogP contribution >= 0.6 is 0 Å². The van der Waals surface area contributed by atoms with Gasteiger partial charge in [0.15, 0.2) is 23.0 Å². The van der Waals surface area contributed by atoms with Crippen molar-refractivity contribution >= 4 is 12.0 Å². The van der Waals surface area contributed by atoms with Crippen molar-refractivity contribution in [3.8, 4) is 23.0 Å². The molecule has 0 bridgehead atoms. The van der Waals surface area contributed by atoms with Gasteiger partial charge in [-0.2, -0.15) is 0 Å². The van der Waals surface area contributed by atoms with Gasteiger partial charge < -0.3 is 28.8 Å². The van der Waals surface area contributed by atoms with E-state index in [9.17, 15) is 4.79 Å². The number of nitrogens with one attached hydrogen (secondary N) is 1. The molecular formula is C25H26N2O6. The van der Waals surface area contributed by atoms with Gasteiger partial charge in [0.1, 0.15) is 25.1 Å². The molecule has 0 saturated heterocycles. The number of ether oxygens (including phenoxy) is 4. The lowest BCUT2D eigenvalue weighted by Gasteiger charge is -2.26. The Morgan fingerprint density at radius 2 is 2.00 bits per heavy atom. The number of nitrogens with zero attached hydrogens (tertiary/aromatic N) is 1. The average molecular weight is 450 g/mol. The molecule has 172 valence electrons. The standard InChI is InChI=1S/C25H26N2O6/c1-16-20(17(2)33-27-16)15-31-22-10-8-18(12-24(22)29-3)9-11-25(28)26-13-19-14-30-21-6-4-5-7-23(21)32-19/h4-12,19H,13-15H2,1-3H3,(H,26,28)/b11-9+. The monoisotopic (exact) mass is 450 g/mol. The zero-order valence-electron chi connectivity index (χ0n) is 18.8. The number of carbonyl (C=O) groups excluding carboxylic acids is 1. The highest BCUT2D eigenvalue weighted by molar-refractivity contribution is 5.91. The van der Waals surface area contributed by atoms with Crippen LogP contribution in [0.2, 0.25) is 0 Å². The Hall–Kier alpha value is -3.94. The van der Waals surface area contributed by atoms with Crippen LogP contribution in [0.1, 0.15) is 22.6 Å². The molecule has 0 radical (unpaired) electrons. The quantitative estimate of drug-likeness (QED) is 0.521. The zero-order chi connectivity index (χ0) is 23.2. The highest BCUT2D eigenvalue weighted by Crippen LogP contribution is 2.31. The van der Waals surface area contributed by atoms with Gasteiger partial charge in [-0.3, -0.25) is 4.79 Å². The van der Waals surface area contributed by atoms with Crippen molar-refractivity contribution in [1.82, 2.24) is 10.5 Å². The van der Waals surface area contributed by atoms with E-state index in [2.05, 4.69) is 10.5 Å². The molecule has 1 atom stereocenters. The molecule has 1 N–H and O–H groups in total. The summed E-state index contributed by atoms with van der Waals surface area (Å²) in [6, 6.07) is 12.9. The number of aryl methyl sites for hydroxylation is 2. The van der Waals surface area contributed by atoms with Gasteiger partial charge in [0.05, 0.1) is 24.9 Å². The minimum absolute atomic E-state index is 0.227. The van der Waals surface area contributed by atoms with E-state index in [-0.39, 0.29) is 12.0 Å². The third-order valence-electron chi connectivity index (χ3n) is 5.24. The molecule has 0 fully saturated rings. The van der Waals surface area contributed by atoms with E-state index in [1.54, 1.807) is 19.3 Å². The summed E-state index contributed by atoms with van der Waals surface area (Å²) in [5.41, 5.74) is 2.51. The van der Waals surface area contributed by atoms with Crippen molar-refractivity contribution in [3.63, 3.8) is 0 Å². The first-order valence-corrected chi connectivity index (χ1v) is 10.6. The Bertz CT molecular complexity index is 1130. The fraction of sp³-hybridized carbons (Fsp3) is 0.280. The normalized spacial score (nSPS) is 14.8. The second-order valence-electron chi connectivity index (χ2n) is 7.58. The van der Waals surface area contributed by atoms with E-state index in [1.165, 1.54) is 6.08 Å². The molecule has 0 saturated carbocycles. The van der Waals surface area contributed by atoms with Gasteiger partial charge in [-0.25, -0.2) is 0 Å². The first-order chi connectivity index (χ1) is 16.0. The van der Waals surface area contributed by atoms with E-state index >= 15 is 0 Å². The SMILES string of the molecule is COc1cc(/C=C/C(=O)NCC2COc3ccccc3O2)ccc1OCc1c(C)noc1C. The summed E-state index contributed by atoms with van der Waals surface area (Å²) in [5, 5.41) is 6.77. The Balaban J connectivity index is 1.30. The van der Waals surface area contributed by atoms with Gasteiger partial charge in [-0.05, 0) is 49.8 Å². The Labute approximate surface area is 192 Å². The number of hydrogen-bond acceptors (Lipinski definition) is 7. The largest absolute Gasteiger partial charge is 0.493 e. The summed E-state index contributed by atoms with van der Waals surface area (Å²) in [4.78, 5) is 12.3. The van der Waals surface area contributed by atoms with Crippen LogP contribution in [0.5, 0.6) is 23.0 Å². The van der Waals surface area contributed by atoms with Gasteiger partial charge in [0.2, 0.25) is 5.91 Å². The van der Waals surface area contributed by atoms with Gasteiger partial charge >= 0.3 is 0 Å². The van der Waals surface area contributed by atoms with Crippen molar-refractivity contribution in [2.45, 2.75) is 26.6 Å². The Kier molecular flexibility index (Phi) is 6.83. The number of fused-ring (bicyclic) bond motifs is 1. The molecule has 1 aliphatic rings. The molecule has 4 rings (SSSR count). The van der Waals surface area contributed by atoms with Crippen molar-refractivity contribution in [2.24, 2.45) is 0 Å². The number of amides is 1. The highest BCUT2D eigenvalue weighted by atomic mass is 16.6. The van der Waals surface area contributed by atoms with Crippen LogP contribution in [0.4, 0.5) is 0 Å². The van der Waals surface area contributed by atoms with Gasteiger partial charge in [0, 0.05) is 6.08 Å². The van der Waals surface area contributed by atoms with Crippen LogP contribution in [0, 0.1) is 13.8 Å². The van der Waals surface area contributed by atoms with Gasteiger partial charge in [-0.15, -0.1) is 0 Å². The highest BCUT2D eigenvalue weighted by Gasteiger charge is 2.20. The summed E-state index contributed by atoms with van der Waals surface area (Å²) >= 11 is 0. The van der Waals surface area contributed by atoms with Crippen molar-refractivity contribution in [1.29, 1.82) is 0 Å². The average Bonchev–Trinajstić information content (AvgIpc) is 3.17. The van der Waals surface area contributed by atoms with E-state index in [4.69, 9.17) is 23.5 Å². The third kappa shape index (κ3) is 5.46. The first kappa shape index (κ1) is 22.3.